The Labute approximate surface area is 111 Å². The van der Waals surface area contributed by atoms with Crippen LogP contribution in [-0.2, 0) is 13.2 Å². The van der Waals surface area contributed by atoms with Crippen molar-refractivity contribution in [3.8, 4) is 5.75 Å². The molecule has 0 aliphatic heterocycles. The van der Waals surface area contributed by atoms with Gasteiger partial charge in [0.15, 0.2) is 0 Å². The summed E-state index contributed by atoms with van der Waals surface area (Å²) >= 11 is 4.97. The molecule has 2 rings (SSSR count). The molecule has 2 aromatic rings. The topological polar surface area (TPSA) is 29.5 Å². The molecule has 90 valence electrons. The molecule has 0 atom stereocenters. The van der Waals surface area contributed by atoms with Gasteiger partial charge in [-0.05, 0) is 45.1 Å². The van der Waals surface area contributed by atoms with Gasteiger partial charge in [-0.3, -0.25) is 0 Å². The molecule has 0 saturated heterocycles. The van der Waals surface area contributed by atoms with Crippen molar-refractivity contribution in [1.29, 1.82) is 0 Å². The van der Waals surface area contributed by atoms with Crippen LogP contribution in [-0.4, -0.2) is 5.11 Å². The zero-order valence-corrected chi connectivity index (χ0v) is 11.2. The molecule has 0 bridgehead atoms. The standard InChI is InChI=1S/C12H10BrFO2S/c13-11-1-2-17-12(11)7-16-10-4-8(6-15)3-9(14)5-10/h1-5,15H,6-7H2. The first-order valence-electron chi connectivity index (χ1n) is 4.94. The lowest BCUT2D eigenvalue weighted by atomic mass is 10.2. The van der Waals surface area contributed by atoms with Crippen LogP contribution in [0, 0.1) is 5.82 Å². The Morgan fingerprint density at radius 2 is 2.18 bits per heavy atom. The van der Waals surface area contributed by atoms with Crippen LogP contribution in [0.4, 0.5) is 4.39 Å². The maximum atomic E-state index is 13.2. The highest BCUT2D eigenvalue weighted by molar-refractivity contribution is 9.10. The lowest BCUT2D eigenvalue weighted by molar-refractivity contribution is 0.277. The summed E-state index contributed by atoms with van der Waals surface area (Å²) in [7, 11) is 0. The number of halogens is 2. The molecule has 0 amide bonds. The molecule has 0 fully saturated rings. The van der Waals surface area contributed by atoms with Gasteiger partial charge < -0.3 is 9.84 Å². The van der Waals surface area contributed by atoms with Crippen molar-refractivity contribution in [2.45, 2.75) is 13.2 Å². The third-order valence-corrected chi connectivity index (χ3v) is 4.07. The Kier molecular flexibility index (Phi) is 4.15. The summed E-state index contributed by atoms with van der Waals surface area (Å²) in [5.74, 6) is 0.0196. The van der Waals surface area contributed by atoms with Crippen LogP contribution in [0.3, 0.4) is 0 Å². The molecule has 0 saturated carbocycles. The van der Waals surface area contributed by atoms with Crippen LogP contribution >= 0.6 is 27.3 Å². The molecule has 2 nitrogen and oxygen atoms in total. The first-order valence-corrected chi connectivity index (χ1v) is 6.61. The van der Waals surface area contributed by atoms with Crippen molar-refractivity contribution in [2.75, 3.05) is 0 Å². The van der Waals surface area contributed by atoms with Gasteiger partial charge in [0.25, 0.3) is 0 Å². The van der Waals surface area contributed by atoms with E-state index in [2.05, 4.69) is 15.9 Å². The van der Waals surface area contributed by atoms with E-state index in [1.807, 2.05) is 11.4 Å². The van der Waals surface area contributed by atoms with Crippen molar-refractivity contribution >= 4 is 27.3 Å². The third kappa shape index (κ3) is 3.28. The van der Waals surface area contributed by atoms with Crippen molar-refractivity contribution in [3.63, 3.8) is 0 Å². The molecule has 1 N–H and O–H groups in total. The lowest BCUT2D eigenvalue weighted by Crippen LogP contribution is -1.96. The fourth-order valence-electron chi connectivity index (χ4n) is 1.37. The minimum Gasteiger partial charge on any atom is -0.488 e. The number of hydrogen-bond acceptors (Lipinski definition) is 3. The van der Waals surface area contributed by atoms with Gasteiger partial charge in [-0.25, -0.2) is 4.39 Å². The highest BCUT2D eigenvalue weighted by Gasteiger charge is 2.05. The van der Waals surface area contributed by atoms with Crippen LogP contribution in [0.5, 0.6) is 5.75 Å². The Balaban J connectivity index is 2.09. The summed E-state index contributed by atoms with van der Waals surface area (Å²) in [5, 5.41) is 10.9. The highest BCUT2D eigenvalue weighted by Crippen LogP contribution is 2.25. The van der Waals surface area contributed by atoms with Gasteiger partial charge in [0, 0.05) is 10.5 Å². The molecule has 1 aromatic heterocycles. The van der Waals surface area contributed by atoms with Crippen LogP contribution in [0.2, 0.25) is 0 Å². The predicted octanol–water partition coefficient (Wildman–Crippen LogP) is 3.72. The normalized spacial score (nSPS) is 10.5. The van der Waals surface area contributed by atoms with Gasteiger partial charge in [0.2, 0.25) is 0 Å². The number of aliphatic hydroxyl groups excluding tert-OH is 1. The van der Waals surface area contributed by atoms with E-state index >= 15 is 0 Å². The Hall–Kier alpha value is -0.910. The van der Waals surface area contributed by atoms with E-state index in [0.717, 1.165) is 9.35 Å². The van der Waals surface area contributed by atoms with E-state index in [-0.39, 0.29) is 6.61 Å². The van der Waals surface area contributed by atoms with E-state index in [1.165, 1.54) is 12.1 Å². The smallest absolute Gasteiger partial charge is 0.127 e. The van der Waals surface area contributed by atoms with E-state index in [0.29, 0.717) is 17.9 Å². The van der Waals surface area contributed by atoms with E-state index in [1.54, 1.807) is 17.4 Å². The first kappa shape index (κ1) is 12.5. The summed E-state index contributed by atoms with van der Waals surface area (Å²) in [5.41, 5.74) is 0.505. The quantitative estimate of drug-likeness (QED) is 0.931. The number of rotatable bonds is 4. The van der Waals surface area contributed by atoms with E-state index < -0.39 is 5.82 Å². The second-order valence-electron chi connectivity index (χ2n) is 3.43. The molecule has 0 radical (unpaired) electrons. The van der Waals surface area contributed by atoms with Crippen LogP contribution in [0.25, 0.3) is 0 Å². The largest absolute Gasteiger partial charge is 0.488 e. The molecule has 1 heterocycles. The average Bonchev–Trinajstić information content (AvgIpc) is 2.71. The number of benzene rings is 1. The molecule has 0 unspecified atom stereocenters. The second-order valence-corrected chi connectivity index (χ2v) is 5.29. The number of aliphatic hydroxyl groups is 1. The van der Waals surface area contributed by atoms with Gasteiger partial charge in [-0.1, -0.05) is 0 Å². The van der Waals surface area contributed by atoms with Crippen LogP contribution < -0.4 is 4.74 Å². The zero-order valence-electron chi connectivity index (χ0n) is 8.82. The second kappa shape index (κ2) is 5.62. The molecule has 5 heteroatoms. The maximum absolute atomic E-state index is 13.2. The van der Waals surface area contributed by atoms with Gasteiger partial charge in [-0.2, -0.15) is 0 Å². The monoisotopic (exact) mass is 316 g/mol. The molecule has 17 heavy (non-hydrogen) atoms. The highest BCUT2D eigenvalue weighted by atomic mass is 79.9. The summed E-state index contributed by atoms with van der Waals surface area (Å²) in [6, 6.07) is 6.16. The molecular formula is C12H10BrFO2S. The summed E-state index contributed by atoms with van der Waals surface area (Å²) in [6.07, 6.45) is 0. The molecular weight excluding hydrogens is 307 g/mol. The predicted molar refractivity (Wildman–Crippen MR) is 68.7 cm³/mol. The SMILES string of the molecule is OCc1cc(F)cc(OCc2sccc2Br)c1. The molecule has 0 aliphatic carbocycles. The zero-order chi connectivity index (χ0) is 12.3. The van der Waals surface area contributed by atoms with Crippen LogP contribution in [0.15, 0.2) is 34.1 Å². The third-order valence-electron chi connectivity index (χ3n) is 2.17. The van der Waals surface area contributed by atoms with Gasteiger partial charge in [-0.15, -0.1) is 11.3 Å². The summed E-state index contributed by atoms with van der Waals surface area (Å²) in [6.45, 7) is 0.184. The molecule has 0 spiro atoms. The molecule has 0 aliphatic rings. The number of thiophene rings is 1. The Bertz CT molecular complexity index is 513. The van der Waals surface area contributed by atoms with E-state index in [9.17, 15) is 4.39 Å². The molecule has 1 aromatic carbocycles. The van der Waals surface area contributed by atoms with Crippen molar-refractivity contribution in [1.82, 2.24) is 0 Å². The Morgan fingerprint density at radius 1 is 1.35 bits per heavy atom. The fraction of sp³-hybridized carbons (Fsp3) is 0.167. The number of ether oxygens (including phenoxy) is 1. The summed E-state index contributed by atoms with van der Waals surface area (Å²) in [4.78, 5) is 1.04. The van der Waals surface area contributed by atoms with Gasteiger partial charge >= 0.3 is 0 Å². The van der Waals surface area contributed by atoms with E-state index in [4.69, 9.17) is 9.84 Å². The minimum absolute atomic E-state index is 0.198. The van der Waals surface area contributed by atoms with Gasteiger partial charge in [0.05, 0.1) is 11.5 Å². The lowest BCUT2D eigenvalue weighted by Gasteiger charge is -2.07. The maximum Gasteiger partial charge on any atom is 0.127 e. The van der Waals surface area contributed by atoms with Crippen molar-refractivity contribution < 1.29 is 14.2 Å². The van der Waals surface area contributed by atoms with Crippen molar-refractivity contribution in [2.24, 2.45) is 0 Å². The van der Waals surface area contributed by atoms with Crippen LogP contribution in [0.1, 0.15) is 10.4 Å². The average molecular weight is 317 g/mol. The number of hydrogen-bond donors (Lipinski definition) is 1. The Morgan fingerprint density at radius 3 is 2.82 bits per heavy atom. The van der Waals surface area contributed by atoms with Gasteiger partial charge in [0.1, 0.15) is 18.2 Å². The minimum atomic E-state index is -0.406. The first-order chi connectivity index (χ1) is 8.19. The summed E-state index contributed by atoms with van der Waals surface area (Å²) < 4.78 is 19.6. The van der Waals surface area contributed by atoms with Crippen molar-refractivity contribution in [3.05, 3.63) is 50.4 Å². The fourth-order valence-corrected chi connectivity index (χ4v) is 2.75.